The number of para-hydroxylation sites is 1. The van der Waals surface area contributed by atoms with Crippen LogP contribution >= 0.6 is 0 Å². The predicted octanol–water partition coefficient (Wildman–Crippen LogP) is 1.13. The van der Waals surface area contributed by atoms with E-state index in [2.05, 4.69) is 16.8 Å². The normalized spacial score (nSPS) is 24.3. The summed E-state index contributed by atoms with van der Waals surface area (Å²) in [6.07, 6.45) is 1.12. The highest BCUT2D eigenvalue weighted by molar-refractivity contribution is 6.22. The average molecular weight is 301 g/mol. The molecule has 5 nitrogen and oxygen atoms in total. The molecule has 2 saturated heterocycles. The van der Waals surface area contributed by atoms with Crippen molar-refractivity contribution in [2.45, 2.75) is 25.8 Å². The minimum atomic E-state index is -0.286. The first-order valence-corrected chi connectivity index (χ1v) is 7.99. The van der Waals surface area contributed by atoms with Gasteiger partial charge in [0.25, 0.3) is 5.91 Å². The van der Waals surface area contributed by atoms with Gasteiger partial charge < -0.3 is 4.90 Å². The highest BCUT2D eigenvalue weighted by atomic mass is 16.2. The van der Waals surface area contributed by atoms with E-state index in [0.717, 1.165) is 43.9 Å². The molecule has 1 atom stereocenters. The molecule has 0 aromatic heterocycles. The molecule has 0 bridgehead atoms. The van der Waals surface area contributed by atoms with Crippen LogP contribution in [-0.4, -0.2) is 60.9 Å². The smallest absolute Gasteiger partial charge is 0.251 e. The highest BCUT2D eigenvalue weighted by Crippen LogP contribution is 2.29. The molecule has 22 heavy (non-hydrogen) atoms. The van der Waals surface area contributed by atoms with Gasteiger partial charge in [0, 0.05) is 26.2 Å². The first kappa shape index (κ1) is 15.2. The molecule has 0 radical (unpaired) electrons. The van der Waals surface area contributed by atoms with Crippen molar-refractivity contribution in [3.8, 4) is 0 Å². The number of carbonyl (C=O) groups excluding carboxylic acids is 2. The number of anilines is 1. The molecule has 0 spiro atoms. The number of piperazine rings is 1. The van der Waals surface area contributed by atoms with Crippen molar-refractivity contribution in [2.24, 2.45) is 0 Å². The van der Waals surface area contributed by atoms with Crippen LogP contribution < -0.4 is 4.90 Å². The van der Waals surface area contributed by atoms with Gasteiger partial charge in [-0.2, -0.15) is 0 Å². The lowest BCUT2D eigenvalue weighted by Crippen LogP contribution is -2.51. The van der Waals surface area contributed by atoms with Gasteiger partial charge in [0.05, 0.1) is 18.2 Å². The van der Waals surface area contributed by atoms with Crippen LogP contribution in [0, 0.1) is 0 Å². The third-order valence-corrected chi connectivity index (χ3v) is 4.71. The van der Waals surface area contributed by atoms with Crippen molar-refractivity contribution >= 4 is 17.5 Å². The van der Waals surface area contributed by atoms with Crippen LogP contribution in [0.3, 0.4) is 0 Å². The summed E-state index contributed by atoms with van der Waals surface area (Å²) in [4.78, 5) is 31.1. The molecule has 2 aliphatic rings. The molecule has 0 saturated carbocycles. The van der Waals surface area contributed by atoms with Crippen LogP contribution in [0.15, 0.2) is 24.3 Å². The van der Waals surface area contributed by atoms with Crippen LogP contribution in [0.25, 0.3) is 0 Å². The van der Waals surface area contributed by atoms with Crippen molar-refractivity contribution < 1.29 is 9.59 Å². The fourth-order valence-corrected chi connectivity index (χ4v) is 3.32. The van der Waals surface area contributed by atoms with E-state index in [0.29, 0.717) is 6.42 Å². The Morgan fingerprint density at radius 1 is 1.09 bits per heavy atom. The number of benzene rings is 1. The summed E-state index contributed by atoms with van der Waals surface area (Å²) in [6, 6.07) is 7.41. The number of rotatable bonds is 3. The van der Waals surface area contributed by atoms with E-state index in [1.807, 2.05) is 31.2 Å². The Morgan fingerprint density at radius 3 is 2.45 bits per heavy atom. The Kier molecular flexibility index (Phi) is 4.27. The van der Waals surface area contributed by atoms with Crippen molar-refractivity contribution in [3.05, 3.63) is 29.8 Å². The summed E-state index contributed by atoms with van der Waals surface area (Å²) < 4.78 is 0. The van der Waals surface area contributed by atoms with Gasteiger partial charge in [0.1, 0.15) is 0 Å². The van der Waals surface area contributed by atoms with Crippen molar-refractivity contribution in [1.82, 2.24) is 9.80 Å². The van der Waals surface area contributed by atoms with Gasteiger partial charge in [-0.25, -0.2) is 4.90 Å². The van der Waals surface area contributed by atoms with Gasteiger partial charge in [0.2, 0.25) is 5.91 Å². The third-order valence-electron chi connectivity index (χ3n) is 4.71. The third kappa shape index (κ3) is 2.66. The number of hydrogen-bond donors (Lipinski definition) is 0. The molecule has 2 fully saturated rings. The number of carbonyl (C=O) groups is 2. The zero-order valence-electron chi connectivity index (χ0n) is 13.3. The lowest BCUT2D eigenvalue weighted by Gasteiger charge is -2.35. The second-order valence-corrected chi connectivity index (χ2v) is 6.11. The van der Waals surface area contributed by atoms with Crippen LogP contribution in [0.5, 0.6) is 0 Å². The standard InChI is InChI=1S/C17H23N3O2/c1-3-13-6-4-5-7-14(13)20-16(21)12-15(17(20)22)19-10-8-18(2)9-11-19/h4-7,15H,3,8-12H2,1-2H3/t15-/m1/s1. The van der Waals surface area contributed by atoms with E-state index in [9.17, 15) is 9.59 Å². The molecule has 1 aromatic carbocycles. The number of nitrogens with zero attached hydrogens (tertiary/aromatic N) is 3. The highest BCUT2D eigenvalue weighted by Gasteiger charge is 2.43. The van der Waals surface area contributed by atoms with Crippen molar-refractivity contribution in [3.63, 3.8) is 0 Å². The van der Waals surface area contributed by atoms with Crippen molar-refractivity contribution in [2.75, 3.05) is 38.1 Å². The van der Waals surface area contributed by atoms with Crippen LogP contribution in [0.4, 0.5) is 5.69 Å². The fraction of sp³-hybridized carbons (Fsp3) is 0.529. The van der Waals surface area contributed by atoms with Crippen molar-refractivity contribution in [1.29, 1.82) is 0 Å². The maximum atomic E-state index is 12.8. The molecule has 118 valence electrons. The molecule has 2 heterocycles. The number of amides is 2. The number of hydrogen-bond acceptors (Lipinski definition) is 4. The van der Waals surface area contributed by atoms with Gasteiger partial charge in [-0.1, -0.05) is 25.1 Å². The van der Waals surface area contributed by atoms with Gasteiger partial charge in [-0.05, 0) is 25.1 Å². The van der Waals surface area contributed by atoms with Gasteiger partial charge in [-0.3, -0.25) is 14.5 Å². The SMILES string of the molecule is CCc1ccccc1N1C(=O)C[C@@H](N2CCN(C)CC2)C1=O. The van der Waals surface area contributed by atoms with E-state index in [1.165, 1.54) is 4.90 Å². The van der Waals surface area contributed by atoms with Gasteiger partial charge in [0.15, 0.2) is 0 Å². The Morgan fingerprint density at radius 2 is 1.77 bits per heavy atom. The molecule has 3 rings (SSSR count). The number of imide groups is 1. The topological polar surface area (TPSA) is 43.9 Å². The second kappa shape index (κ2) is 6.18. The first-order valence-electron chi connectivity index (χ1n) is 7.99. The summed E-state index contributed by atoms with van der Waals surface area (Å²) in [5.41, 5.74) is 1.81. The largest absolute Gasteiger partial charge is 0.304 e. The lowest BCUT2D eigenvalue weighted by molar-refractivity contribution is -0.123. The molecule has 1 aromatic rings. The molecule has 0 unspecified atom stereocenters. The van der Waals surface area contributed by atoms with E-state index in [1.54, 1.807) is 0 Å². The lowest BCUT2D eigenvalue weighted by atomic mass is 10.1. The molecule has 0 aliphatic carbocycles. The van der Waals surface area contributed by atoms with Gasteiger partial charge >= 0.3 is 0 Å². The van der Waals surface area contributed by atoms with E-state index in [4.69, 9.17) is 0 Å². The Balaban J connectivity index is 1.82. The maximum Gasteiger partial charge on any atom is 0.251 e. The molecular formula is C17H23N3O2. The van der Waals surface area contributed by atoms with Gasteiger partial charge in [-0.15, -0.1) is 0 Å². The van der Waals surface area contributed by atoms with E-state index >= 15 is 0 Å². The van der Waals surface area contributed by atoms with Crippen LogP contribution in [0.2, 0.25) is 0 Å². The van der Waals surface area contributed by atoms with Crippen LogP contribution in [0.1, 0.15) is 18.9 Å². The molecule has 2 amide bonds. The minimum Gasteiger partial charge on any atom is -0.304 e. The summed E-state index contributed by atoms with van der Waals surface area (Å²) in [7, 11) is 2.09. The summed E-state index contributed by atoms with van der Waals surface area (Å²) in [5.74, 6) is -0.134. The monoisotopic (exact) mass is 301 g/mol. The minimum absolute atomic E-state index is 0.0598. The van der Waals surface area contributed by atoms with E-state index in [-0.39, 0.29) is 17.9 Å². The second-order valence-electron chi connectivity index (χ2n) is 6.11. The summed E-state index contributed by atoms with van der Waals surface area (Å²) in [5, 5.41) is 0. The molecule has 2 aliphatic heterocycles. The average Bonchev–Trinajstić information content (AvgIpc) is 2.83. The first-order chi connectivity index (χ1) is 10.6. The predicted molar refractivity (Wildman–Crippen MR) is 85.8 cm³/mol. The molecular weight excluding hydrogens is 278 g/mol. The zero-order chi connectivity index (χ0) is 15.7. The quantitative estimate of drug-likeness (QED) is 0.785. The number of aryl methyl sites for hydroxylation is 1. The Labute approximate surface area is 131 Å². The fourth-order valence-electron chi connectivity index (χ4n) is 3.32. The number of likely N-dealkylation sites (N-methyl/N-ethyl adjacent to an activating group) is 1. The Bertz CT molecular complexity index is 579. The molecule has 0 N–H and O–H groups in total. The summed E-state index contributed by atoms with van der Waals surface area (Å²) >= 11 is 0. The van der Waals surface area contributed by atoms with E-state index < -0.39 is 0 Å². The maximum absolute atomic E-state index is 12.8. The molecule has 5 heteroatoms. The zero-order valence-corrected chi connectivity index (χ0v) is 13.3. The van der Waals surface area contributed by atoms with Crippen LogP contribution in [-0.2, 0) is 16.0 Å². The Hall–Kier alpha value is -1.72. The summed E-state index contributed by atoms with van der Waals surface area (Å²) in [6.45, 7) is 5.64.